The lowest BCUT2D eigenvalue weighted by atomic mass is 9.97. The van der Waals surface area contributed by atoms with Crippen molar-refractivity contribution in [1.82, 2.24) is 19.5 Å². The van der Waals surface area contributed by atoms with E-state index in [1.165, 1.54) is 0 Å². The Bertz CT molecular complexity index is 4060. The SMILES string of the molecule is [2H]c1c([2H])c([2H])c(-c2nc(-c3ccccc3)nc(-c3cc(-n4c5ccccc5c5ccc(-c6ccc(C#N)cc6)cc54)cc4c3sc3c(-c5cccc(-c6ccccc6)c5)cccc34)n2)c([2H])c1[2H]. The van der Waals surface area contributed by atoms with Gasteiger partial charge in [0.2, 0.25) is 0 Å². The molecule has 0 saturated carbocycles. The normalized spacial score (nSPS) is 12.5. The van der Waals surface area contributed by atoms with Gasteiger partial charge in [0.1, 0.15) is 0 Å². The van der Waals surface area contributed by atoms with E-state index in [1.807, 2.05) is 84.9 Å². The van der Waals surface area contributed by atoms with Crippen LogP contribution in [0.2, 0.25) is 0 Å². The van der Waals surface area contributed by atoms with Crippen molar-refractivity contribution >= 4 is 53.3 Å². The number of para-hydroxylation sites is 1. The van der Waals surface area contributed by atoms with Gasteiger partial charge in [-0.15, -0.1) is 11.3 Å². The summed E-state index contributed by atoms with van der Waals surface area (Å²) in [6.07, 6.45) is 0. The van der Waals surface area contributed by atoms with Crippen LogP contribution in [-0.2, 0) is 0 Å². The highest BCUT2D eigenvalue weighted by Crippen LogP contribution is 2.46. The Morgan fingerprint density at radius 2 is 1.02 bits per heavy atom. The number of rotatable bonds is 7. The van der Waals surface area contributed by atoms with Gasteiger partial charge in [-0.3, -0.25) is 0 Å². The predicted octanol–water partition coefficient (Wildman–Crippen LogP) is 15.2. The van der Waals surface area contributed by atoms with E-state index < -0.39 is 30.2 Å². The van der Waals surface area contributed by atoms with E-state index in [0.29, 0.717) is 22.5 Å². The van der Waals surface area contributed by atoms with Gasteiger partial charge in [0, 0.05) is 53.3 Å². The number of nitriles is 1. The van der Waals surface area contributed by atoms with E-state index in [4.69, 9.17) is 21.8 Å². The van der Waals surface area contributed by atoms with Crippen LogP contribution in [0.3, 0.4) is 0 Å². The van der Waals surface area contributed by atoms with E-state index in [2.05, 4.69) is 108 Å². The Morgan fingerprint density at radius 3 is 1.81 bits per heavy atom. The first-order chi connectivity index (χ1) is 33.7. The largest absolute Gasteiger partial charge is 0.309 e. The summed E-state index contributed by atoms with van der Waals surface area (Å²) >= 11 is 1.65. The lowest BCUT2D eigenvalue weighted by molar-refractivity contribution is 1.07. The Balaban J connectivity index is 1.18. The summed E-state index contributed by atoms with van der Waals surface area (Å²) in [6, 6.07) is 61.5. The highest BCUT2D eigenvalue weighted by molar-refractivity contribution is 7.26. The molecule has 6 heteroatoms. The first kappa shape index (κ1) is 32.2. The smallest absolute Gasteiger partial charge is 0.165 e. The second-order valence-electron chi connectivity index (χ2n) is 15.5. The monoisotopic (exact) mass is 838 g/mol. The van der Waals surface area contributed by atoms with Crippen LogP contribution in [0.1, 0.15) is 12.4 Å². The third-order valence-corrected chi connectivity index (χ3v) is 13.1. The van der Waals surface area contributed by atoms with Crippen LogP contribution in [0.25, 0.3) is 115 Å². The van der Waals surface area contributed by atoms with Gasteiger partial charge in [-0.25, -0.2) is 15.0 Å². The molecule has 0 aliphatic rings. The van der Waals surface area contributed by atoms with Crippen LogP contribution >= 0.6 is 11.3 Å². The molecule has 0 N–H and O–H groups in total. The van der Waals surface area contributed by atoms with Crippen molar-refractivity contribution in [3.05, 3.63) is 218 Å². The highest BCUT2D eigenvalue weighted by Gasteiger charge is 2.22. The molecule has 0 bridgehead atoms. The first-order valence-electron chi connectivity index (χ1n) is 23.3. The molecule has 0 aliphatic heterocycles. The fraction of sp³-hybridized carbons (Fsp3) is 0. The molecule has 298 valence electrons. The predicted molar refractivity (Wildman–Crippen MR) is 264 cm³/mol. The summed E-state index contributed by atoms with van der Waals surface area (Å²) in [5, 5.41) is 13.7. The molecule has 0 fully saturated rings. The zero-order valence-electron chi connectivity index (χ0n) is 39.0. The van der Waals surface area contributed by atoms with Gasteiger partial charge in [0.15, 0.2) is 17.5 Å². The van der Waals surface area contributed by atoms with Crippen molar-refractivity contribution in [2.45, 2.75) is 0 Å². The second-order valence-corrected chi connectivity index (χ2v) is 16.6. The maximum atomic E-state index is 9.54. The van der Waals surface area contributed by atoms with Gasteiger partial charge in [-0.2, -0.15) is 5.26 Å². The van der Waals surface area contributed by atoms with E-state index in [9.17, 15) is 5.26 Å². The molecular formula is C58H35N5S. The molecule has 0 saturated heterocycles. The lowest BCUT2D eigenvalue weighted by Crippen LogP contribution is -2.01. The minimum absolute atomic E-state index is 0.0298. The van der Waals surface area contributed by atoms with Crippen molar-refractivity contribution < 1.29 is 6.85 Å². The Labute approximate surface area is 380 Å². The molecule has 64 heavy (non-hydrogen) atoms. The molecule has 3 heterocycles. The van der Waals surface area contributed by atoms with Crippen LogP contribution < -0.4 is 0 Å². The van der Waals surface area contributed by atoms with Gasteiger partial charge < -0.3 is 4.57 Å². The molecule has 0 unspecified atom stereocenters. The Morgan fingerprint density at radius 1 is 0.422 bits per heavy atom. The third-order valence-electron chi connectivity index (χ3n) is 11.8. The summed E-state index contributed by atoms with van der Waals surface area (Å²) in [4.78, 5) is 15.1. The number of hydrogen-bond donors (Lipinski definition) is 0. The van der Waals surface area contributed by atoms with Gasteiger partial charge >= 0.3 is 0 Å². The summed E-state index contributed by atoms with van der Waals surface area (Å²) in [7, 11) is 0. The minimum Gasteiger partial charge on any atom is -0.309 e. The summed E-state index contributed by atoms with van der Waals surface area (Å²) in [6.45, 7) is 0. The Hall–Kier alpha value is -8.50. The third kappa shape index (κ3) is 6.42. The van der Waals surface area contributed by atoms with E-state index in [-0.39, 0.29) is 17.2 Å². The quantitative estimate of drug-likeness (QED) is 0.160. The van der Waals surface area contributed by atoms with Crippen LogP contribution in [0.4, 0.5) is 0 Å². The fourth-order valence-corrected chi connectivity index (χ4v) is 10.1. The van der Waals surface area contributed by atoms with Gasteiger partial charge in [0.25, 0.3) is 0 Å². The van der Waals surface area contributed by atoms with E-state index in [1.54, 1.807) is 11.3 Å². The zero-order valence-corrected chi connectivity index (χ0v) is 34.8. The molecule has 0 radical (unpaired) electrons. The summed E-state index contributed by atoms with van der Waals surface area (Å²) < 4.78 is 47.8. The maximum absolute atomic E-state index is 9.54. The van der Waals surface area contributed by atoms with Crippen LogP contribution in [0.5, 0.6) is 0 Å². The van der Waals surface area contributed by atoms with Gasteiger partial charge in [-0.1, -0.05) is 170 Å². The summed E-state index contributed by atoms with van der Waals surface area (Å²) in [5.41, 5.74) is 11.0. The minimum atomic E-state index is -0.496. The molecule has 0 aliphatic carbocycles. The van der Waals surface area contributed by atoms with E-state index in [0.717, 1.165) is 81.0 Å². The van der Waals surface area contributed by atoms with Crippen LogP contribution in [0.15, 0.2) is 212 Å². The average Bonchev–Trinajstić information content (AvgIpc) is 3.95. The molecular weight excluding hydrogens is 799 g/mol. The highest BCUT2D eigenvalue weighted by atomic mass is 32.1. The number of hydrogen-bond acceptors (Lipinski definition) is 5. The summed E-state index contributed by atoms with van der Waals surface area (Å²) in [5.74, 6) is 0.554. The molecule has 5 nitrogen and oxygen atoms in total. The first-order valence-corrected chi connectivity index (χ1v) is 21.6. The van der Waals surface area contributed by atoms with Gasteiger partial charge in [0.05, 0.1) is 29.5 Å². The molecule has 0 amide bonds. The number of fused-ring (bicyclic) bond motifs is 6. The second kappa shape index (κ2) is 15.4. The van der Waals surface area contributed by atoms with E-state index >= 15 is 0 Å². The molecule has 0 atom stereocenters. The topological polar surface area (TPSA) is 67.4 Å². The van der Waals surface area contributed by atoms with Crippen molar-refractivity contribution in [3.63, 3.8) is 0 Å². The molecule has 12 rings (SSSR count). The fourth-order valence-electron chi connectivity index (χ4n) is 8.76. The number of benzene rings is 9. The average molecular weight is 839 g/mol. The Kier molecular flexibility index (Phi) is 7.78. The van der Waals surface area contributed by atoms with Crippen LogP contribution in [0, 0.1) is 11.3 Å². The van der Waals surface area contributed by atoms with Gasteiger partial charge in [-0.05, 0) is 75.8 Å². The van der Waals surface area contributed by atoms with Crippen molar-refractivity contribution in [3.8, 4) is 79.3 Å². The molecule has 0 spiro atoms. The van der Waals surface area contributed by atoms with Crippen molar-refractivity contribution in [1.29, 1.82) is 5.26 Å². The number of thiophene rings is 1. The lowest BCUT2D eigenvalue weighted by Gasteiger charge is -2.13. The van der Waals surface area contributed by atoms with Crippen LogP contribution in [-0.4, -0.2) is 19.5 Å². The number of aromatic nitrogens is 4. The molecule has 9 aromatic carbocycles. The van der Waals surface area contributed by atoms with Crippen molar-refractivity contribution in [2.75, 3.05) is 0 Å². The molecule has 12 aromatic rings. The molecule has 3 aromatic heterocycles. The maximum Gasteiger partial charge on any atom is 0.165 e. The zero-order chi connectivity index (χ0) is 46.9. The number of nitrogens with zero attached hydrogens (tertiary/aromatic N) is 5. The standard InChI is InChI=1S/C58H35N5S/c59-36-37-26-28-39(29-27-37)43-30-31-48-47-22-10-11-25-52(47)63(53(48)33-43)45-34-50-49-24-13-23-46(44-21-12-20-42(32-44)38-14-4-1-5-15-38)54(49)64-55(50)51(35-45)58-61-56(40-16-6-2-7-17-40)60-57(62-58)41-18-8-3-9-19-41/h1-35H/i2D,6D,7D,16D,17D. The van der Waals surface area contributed by atoms with Crippen molar-refractivity contribution in [2.24, 2.45) is 0 Å².